The minimum absolute atomic E-state index is 0.214. The lowest BCUT2D eigenvalue weighted by molar-refractivity contribution is -0.133. The Balaban J connectivity index is 1.86. The summed E-state index contributed by atoms with van der Waals surface area (Å²) in [5.74, 6) is 0.214. The lowest BCUT2D eigenvalue weighted by atomic mass is 10.0. The maximum absolute atomic E-state index is 12.1. The summed E-state index contributed by atoms with van der Waals surface area (Å²) in [5.41, 5.74) is 3.75. The van der Waals surface area contributed by atoms with Crippen LogP contribution in [0.4, 0.5) is 0 Å². The monoisotopic (exact) mass is 261 g/mol. The molecule has 3 heteroatoms. The third-order valence-corrected chi connectivity index (χ3v) is 3.73. The predicted octanol–water partition coefficient (Wildman–Crippen LogP) is 2.22. The molecule has 0 spiro atoms. The fourth-order valence-electron chi connectivity index (χ4n) is 2.74. The van der Waals surface area contributed by atoms with E-state index in [0.29, 0.717) is 19.5 Å². The summed E-state index contributed by atoms with van der Waals surface area (Å²) in [4.78, 5) is 14.0. The number of likely N-dealkylation sites (tertiary alicyclic amines) is 1. The Morgan fingerprint density at radius 2 is 1.79 bits per heavy atom. The zero-order chi connectivity index (χ0) is 13.8. The molecule has 1 N–H and O–H groups in total. The Hall–Kier alpha value is -1.35. The van der Waals surface area contributed by atoms with Gasteiger partial charge in [0.2, 0.25) is 5.91 Å². The number of aliphatic hydroxyl groups excluding tert-OH is 1. The Morgan fingerprint density at radius 3 is 2.37 bits per heavy atom. The molecule has 0 radical (unpaired) electrons. The smallest absolute Gasteiger partial charge is 0.222 e. The van der Waals surface area contributed by atoms with E-state index < -0.39 is 0 Å². The highest BCUT2D eigenvalue weighted by atomic mass is 16.3. The van der Waals surface area contributed by atoms with Crippen LogP contribution < -0.4 is 0 Å². The van der Waals surface area contributed by atoms with E-state index in [4.69, 9.17) is 0 Å². The normalized spacial score (nSPS) is 16.7. The molecule has 0 unspecified atom stereocenters. The van der Waals surface area contributed by atoms with Crippen LogP contribution >= 0.6 is 0 Å². The predicted molar refractivity (Wildman–Crippen MR) is 76.1 cm³/mol. The molecular weight excluding hydrogens is 238 g/mol. The van der Waals surface area contributed by atoms with Crippen molar-refractivity contribution in [1.82, 2.24) is 4.90 Å². The number of piperidine rings is 1. The first kappa shape index (κ1) is 14.1. The first-order valence-electron chi connectivity index (χ1n) is 7.07. The first-order valence-corrected chi connectivity index (χ1v) is 7.07. The summed E-state index contributed by atoms with van der Waals surface area (Å²) in [6.45, 7) is 5.58. The van der Waals surface area contributed by atoms with Crippen LogP contribution in [0.3, 0.4) is 0 Å². The van der Waals surface area contributed by atoms with Gasteiger partial charge in [-0.1, -0.05) is 29.3 Å². The lowest BCUT2D eigenvalue weighted by Crippen LogP contribution is -2.40. The van der Waals surface area contributed by atoms with Crippen molar-refractivity contribution in [2.24, 2.45) is 0 Å². The molecule has 0 aromatic heterocycles. The third-order valence-electron chi connectivity index (χ3n) is 3.73. The van der Waals surface area contributed by atoms with E-state index in [1.165, 1.54) is 16.7 Å². The van der Waals surface area contributed by atoms with E-state index in [1.54, 1.807) is 0 Å². The number of carbonyl (C=O) groups is 1. The van der Waals surface area contributed by atoms with Crippen LogP contribution in [0.5, 0.6) is 0 Å². The molecule has 1 saturated heterocycles. The summed E-state index contributed by atoms with van der Waals surface area (Å²) in [6.07, 6.45) is 2.59. The number of rotatable bonds is 3. The van der Waals surface area contributed by atoms with Gasteiger partial charge in [-0.05, 0) is 38.7 Å². The van der Waals surface area contributed by atoms with Gasteiger partial charge in [0.05, 0.1) is 6.10 Å². The fourth-order valence-corrected chi connectivity index (χ4v) is 2.74. The molecule has 1 heterocycles. The van der Waals surface area contributed by atoms with Crippen molar-refractivity contribution < 1.29 is 9.90 Å². The number of aryl methyl sites for hydroxylation is 3. The first-order chi connectivity index (χ1) is 9.04. The maximum atomic E-state index is 12.1. The highest BCUT2D eigenvalue weighted by Gasteiger charge is 2.20. The lowest BCUT2D eigenvalue weighted by Gasteiger charge is -2.29. The second kappa shape index (κ2) is 6.20. The van der Waals surface area contributed by atoms with Gasteiger partial charge in [0.1, 0.15) is 0 Å². The van der Waals surface area contributed by atoms with Gasteiger partial charge in [0.15, 0.2) is 0 Å². The van der Waals surface area contributed by atoms with Gasteiger partial charge >= 0.3 is 0 Å². The molecule has 3 nitrogen and oxygen atoms in total. The molecule has 0 bridgehead atoms. The fraction of sp³-hybridized carbons (Fsp3) is 0.562. The molecule has 0 saturated carbocycles. The molecule has 1 amide bonds. The molecule has 1 fully saturated rings. The molecule has 1 aromatic carbocycles. The number of carbonyl (C=O) groups excluding carboxylic acids is 1. The minimum Gasteiger partial charge on any atom is -0.393 e. The minimum atomic E-state index is -0.219. The van der Waals surface area contributed by atoms with Gasteiger partial charge in [-0.25, -0.2) is 0 Å². The van der Waals surface area contributed by atoms with Gasteiger partial charge < -0.3 is 10.0 Å². The van der Waals surface area contributed by atoms with Crippen LogP contribution in [0, 0.1) is 13.8 Å². The van der Waals surface area contributed by atoms with Gasteiger partial charge in [-0.3, -0.25) is 4.79 Å². The van der Waals surface area contributed by atoms with E-state index in [0.717, 1.165) is 19.3 Å². The second-order valence-corrected chi connectivity index (χ2v) is 5.61. The molecule has 104 valence electrons. The van der Waals surface area contributed by atoms with Crippen molar-refractivity contribution in [3.05, 3.63) is 34.9 Å². The van der Waals surface area contributed by atoms with Gasteiger partial charge in [-0.2, -0.15) is 0 Å². The van der Waals surface area contributed by atoms with Crippen LogP contribution in [-0.4, -0.2) is 35.1 Å². The number of nitrogens with zero attached hydrogens (tertiary/aromatic N) is 1. The molecule has 0 atom stereocenters. The van der Waals surface area contributed by atoms with Crippen LogP contribution in [0.1, 0.15) is 36.0 Å². The van der Waals surface area contributed by atoms with E-state index in [-0.39, 0.29) is 12.0 Å². The molecule has 1 aromatic rings. The largest absolute Gasteiger partial charge is 0.393 e. The van der Waals surface area contributed by atoms with Gasteiger partial charge in [-0.15, -0.1) is 0 Å². The molecule has 0 aliphatic carbocycles. The number of benzene rings is 1. The van der Waals surface area contributed by atoms with E-state index in [2.05, 4.69) is 32.0 Å². The van der Waals surface area contributed by atoms with Crippen LogP contribution in [-0.2, 0) is 11.2 Å². The van der Waals surface area contributed by atoms with Gasteiger partial charge in [0.25, 0.3) is 0 Å². The summed E-state index contributed by atoms with van der Waals surface area (Å²) in [5, 5.41) is 9.44. The van der Waals surface area contributed by atoms with Gasteiger partial charge in [0, 0.05) is 19.5 Å². The number of hydrogen-bond donors (Lipinski definition) is 1. The third kappa shape index (κ3) is 4.06. The molecule has 19 heavy (non-hydrogen) atoms. The Morgan fingerprint density at radius 1 is 1.21 bits per heavy atom. The average Bonchev–Trinajstić information content (AvgIpc) is 2.36. The molecule has 1 aliphatic heterocycles. The highest BCUT2D eigenvalue weighted by molar-refractivity contribution is 5.76. The van der Waals surface area contributed by atoms with E-state index in [9.17, 15) is 9.90 Å². The van der Waals surface area contributed by atoms with Crippen LogP contribution in [0.15, 0.2) is 18.2 Å². The van der Waals surface area contributed by atoms with E-state index >= 15 is 0 Å². The Kier molecular flexibility index (Phi) is 4.59. The number of aliphatic hydroxyl groups is 1. The highest BCUT2D eigenvalue weighted by Crippen LogP contribution is 2.14. The standard InChI is InChI=1S/C16H23NO2/c1-12-9-13(2)11-14(10-12)3-4-16(19)17-7-5-15(18)6-8-17/h9-11,15,18H,3-8H2,1-2H3. The summed E-state index contributed by atoms with van der Waals surface area (Å²) >= 11 is 0. The average molecular weight is 261 g/mol. The topological polar surface area (TPSA) is 40.5 Å². The van der Waals surface area contributed by atoms with Crippen molar-refractivity contribution in [1.29, 1.82) is 0 Å². The molecule has 2 rings (SSSR count). The molecular formula is C16H23NO2. The van der Waals surface area contributed by atoms with Crippen molar-refractivity contribution in [2.75, 3.05) is 13.1 Å². The van der Waals surface area contributed by atoms with Crippen molar-refractivity contribution in [2.45, 2.75) is 45.6 Å². The zero-order valence-electron chi connectivity index (χ0n) is 11.9. The molecule has 1 aliphatic rings. The maximum Gasteiger partial charge on any atom is 0.222 e. The van der Waals surface area contributed by atoms with Crippen LogP contribution in [0.25, 0.3) is 0 Å². The summed E-state index contributed by atoms with van der Waals surface area (Å²) < 4.78 is 0. The van der Waals surface area contributed by atoms with Crippen molar-refractivity contribution in [3.8, 4) is 0 Å². The second-order valence-electron chi connectivity index (χ2n) is 5.61. The number of hydrogen-bond acceptors (Lipinski definition) is 2. The van der Waals surface area contributed by atoms with E-state index in [1.807, 2.05) is 4.90 Å². The SMILES string of the molecule is Cc1cc(C)cc(CCC(=O)N2CCC(O)CC2)c1. The number of amides is 1. The van der Waals surface area contributed by atoms with Crippen LogP contribution in [0.2, 0.25) is 0 Å². The Bertz CT molecular complexity index is 428. The van der Waals surface area contributed by atoms with Crippen molar-refractivity contribution in [3.63, 3.8) is 0 Å². The quantitative estimate of drug-likeness (QED) is 0.906. The zero-order valence-corrected chi connectivity index (χ0v) is 11.9. The Labute approximate surface area is 115 Å². The van der Waals surface area contributed by atoms with Crippen molar-refractivity contribution >= 4 is 5.91 Å². The summed E-state index contributed by atoms with van der Waals surface area (Å²) in [7, 11) is 0. The summed E-state index contributed by atoms with van der Waals surface area (Å²) in [6, 6.07) is 6.46.